The van der Waals surface area contributed by atoms with Crippen molar-refractivity contribution < 1.29 is 17.9 Å². The quantitative estimate of drug-likeness (QED) is 0.320. The maximum absolute atomic E-state index is 13.8. The predicted octanol–water partition coefficient (Wildman–Crippen LogP) is 4.22. The van der Waals surface area contributed by atoms with E-state index >= 15 is 0 Å². The molecule has 4 aromatic rings. The molecular formula is C30H34N6O4S2. The summed E-state index contributed by atoms with van der Waals surface area (Å²) in [6, 6.07) is 13.2. The summed E-state index contributed by atoms with van der Waals surface area (Å²) in [6.07, 6.45) is 5.37. The van der Waals surface area contributed by atoms with Crippen LogP contribution in [-0.2, 0) is 27.8 Å². The minimum atomic E-state index is -3.98. The van der Waals surface area contributed by atoms with E-state index in [4.69, 9.17) is 4.74 Å². The molecule has 0 radical (unpaired) electrons. The summed E-state index contributed by atoms with van der Waals surface area (Å²) >= 11 is 1.20. The summed E-state index contributed by atoms with van der Waals surface area (Å²) in [5.41, 5.74) is 3.78. The Morgan fingerprint density at radius 1 is 1.19 bits per heavy atom. The standard InChI is InChI=1S/C30H34N6O4S2/c1-19(2)34(4)17-21-6-7-24-25(9-12-40-27(24)14-21)35-18-23(32-33-35)16-26-30(37)31-10-11-36(26)42(38,39)29-15-22-13-20(3)5-8-28(22)41-29/h5-8,10-11,13-15,18-19,25-26H,9,12,16-17H2,1-4H3,(H,31,37). The Hall–Kier alpha value is -3.74. The number of fused-ring (bicyclic) bond motifs is 2. The van der Waals surface area contributed by atoms with E-state index in [1.807, 2.05) is 25.1 Å². The smallest absolute Gasteiger partial charge is 0.274 e. The molecule has 0 fully saturated rings. The lowest BCUT2D eigenvalue weighted by molar-refractivity contribution is -0.124. The van der Waals surface area contributed by atoms with Gasteiger partial charge in [0.15, 0.2) is 0 Å². The number of nitrogens with zero attached hydrogens (tertiary/aromatic N) is 5. The van der Waals surface area contributed by atoms with Gasteiger partial charge in [-0.25, -0.2) is 13.1 Å². The zero-order valence-electron chi connectivity index (χ0n) is 24.0. The minimum Gasteiger partial charge on any atom is -0.493 e. The predicted molar refractivity (Wildman–Crippen MR) is 162 cm³/mol. The van der Waals surface area contributed by atoms with E-state index in [9.17, 15) is 13.2 Å². The molecule has 2 aromatic heterocycles. The van der Waals surface area contributed by atoms with E-state index in [0.29, 0.717) is 18.3 Å². The van der Waals surface area contributed by atoms with Gasteiger partial charge >= 0.3 is 0 Å². The van der Waals surface area contributed by atoms with Crippen molar-refractivity contribution >= 4 is 37.4 Å². The number of nitrogens with one attached hydrogen (secondary N) is 1. The summed E-state index contributed by atoms with van der Waals surface area (Å²) in [7, 11) is -1.88. The van der Waals surface area contributed by atoms with Crippen LogP contribution in [-0.4, -0.2) is 64.3 Å². The van der Waals surface area contributed by atoms with Crippen molar-refractivity contribution in [2.24, 2.45) is 0 Å². The number of rotatable bonds is 8. The van der Waals surface area contributed by atoms with Crippen molar-refractivity contribution in [3.8, 4) is 5.75 Å². The highest BCUT2D eigenvalue weighted by atomic mass is 32.2. The van der Waals surface area contributed by atoms with Gasteiger partial charge in [0.05, 0.1) is 18.3 Å². The molecule has 12 heteroatoms. The van der Waals surface area contributed by atoms with Gasteiger partial charge in [-0.05, 0) is 57.0 Å². The molecule has 10 nitrogen and oxygen atoms in total. The zero-order valence-corrected chi connectivity index (χ0v) is 25.7. The molecule has 0 saturated carbocycles. The van der Waals surface area contributed by atoms with Gasteiger partial charge in [0.1, 0.15) is 16.0 Å². The number of carbonyl (C=O) groups is 1. The Bertz CT molecular complexity index is 1780. The first-order valence-corrected chi connectivity index (χ1v) is 16.2. The zero-order chi connectivity index (χ0) is 29.6. The van der Waals surface area contributed by atoms with Crippen LogP contribution in [0.15, 0.2) is 65.3 Å². The van der Waals surface area contributed by atoms with Gasteiger partial charge in [-0.3, -0.25) is 14.0 Å². The molecular weight excluding hydrogens is 573 g/mol. The molecule has 1 amide bonds. The lowest BCUT2D eigenvalue weighted by Gasteiger charge is -2.30. The van der Waals surface area contributed by atoms with Crippen molar-refractivity contribution in [1.82, 2.24) is 29.5 Å². The Labute approximate surface area is 249 Å². The molecule has 4 heterocycles. The van der Waals surface area contributed by atoms with Crippen LogP contribution in [0.5, 0.6) is 5.75 Å². The van der Waals surface area contributed by atoms with Crippen LogP contribution in [0.4, 0.5) is 0 Å². The molecule has 0 saturated heterocycles. The first-order valence-electron chi connectivity index (χ1n) is 14.0. The van der Waals surface area contributed by atoms with Crippen molar-refractivity contribution in [3.63, 3.8) is 0 Å². The molecule has 2 atom stereocenters. The monoisotopic (exact) mass is 606 g/mol. The van der Waals surface area contributed by atoms with Crippen LogP contribution in [0.25, 0.3) is 10.1 Å². The maximum Gasteiger partial charge on any atom is 0.274 e. The van der Waals surface area contributed by atoms with Crippen LogP contribution in [0.1, 0.15) is 48.7 Å². The third kappa shape index (κ3) is 5.41. The Morgan fingerprint density at radius 3 is 2.83 bits per heavy atom. The summed E-state index contributed by atoms with van der Waals surface area (Å²) in [5, 5.41) is 12.3. The second-order valence-corrected chi connectivity index (χ2v) is 14.4. The third-order valence-corrected chi connectivity index (χ3v) is 11.3. The number of hydrogen-bond acceptors (Lipinski definition) is 8. The third-order valence-electron chi connectivity index (χ3n) is 7.92. The molecule has 2 aromatic carbocycles. The Kier molecular flexibility index (Phi) is 7.54. The van der Waals surface area contributed by atoms with Gasteiger partial charge in [0.25, 0.3) is 10.0 Å². The average Bonchev–Trinajstić information content (AvgIpc) is 3.61. The maximum atomic E-state index is 13.8. The van der Waals surface area contributed by atoms with Gasteiger partial charge in [-0.1, -0.05) is 35.0 Å². The van der Waals surface area contributed by atoms with E-state index in [-0.39, 0.29) is 16.7 Å². The summed E-state index contributed by atoms with van der Waals surface area (Å²) in [5.74, 6) is 0.424. The fourth-order valence-electron chi connectivity index (χ4n) is 5.32. The number of aromatic nitrogens is 3. The first kappa shape index (κ1) is 28.4. The average molecular weight is 607 g/mol. The van der Waals surface area contributed by atoms with Crippen molar-refractivity contribution in [3.05, 3.63) is 83.4 Å². The lowest BCUT2D eigenvalue weighted by Crippen LogP contribution is -2.50. The van der Waals surface area contributed by atoms with Gasteiger partial charge in [-0.15, -0.1) is 16.4 Å². The normalized spacial score (nSPS) is 18.9. The molecule has 2 aliphatic heterocycles. The van der Waals surface area contributed by atoms with Crippen LogP contribution in [0.2, 0.25) is 0 Å². The number of sulfonamides is 1. The largest absolute Gasteiger partial charge is 0.493 e. The van der Waals surface area contributed by atoms with E-state index < -0.39 is 22.0 Å². The molecule has 0 aliphatic carbocycles. The molecule has 2 aliphatic rings. The molecule has 6 rings (SSSR count). The SMILES string of the molecule is Cc1ccc2sc(S(=O)(=O)N3C=CNC(=O)C3Cc3cn(C4CCOc5cc(CN(C)C(C)C)ccc54)nn3)cc2c1. The molecule has 1 N–H and O–H groups in total. The number of thiophene rings is 1. The molecule has 0 bridgehead atoms. The van der Waals surface area contributed by atoms with Crippen molar-refractivity contribution in [2.45, 2.75) is 62.5 Å². The Balaban J connectivity index is 1.24. The lowest BCUT2D eigenvalue weighted by atomic mass is 9.98. The van der Waals surface area contributed by atoms with Crippen molar-refractivity contribution in [1.29, 1.82) is 0 Å². The van der Waals surface area contributed by atoms with E-state index in [0.717, 1.165) is 44.2 Å². The van der Waals surface area contributed by atoms with E-state index in [2.05, 4.69) is 59.6 Å². The van der Waals surface area contributed by atoms with Gasteiger partial charge in [0, 0.05) is 54.3 Å². The van der Waals surface area contributed by atoms with Gasteiger partial charge in [0.2, 0.25) is 5.91 Å². The number of amides is 1. The second-order valence-electron chi connectivity index (χ2n) is 11.2. The first-order chi connectivity index (χ1) is 20.1. The number of aryl methyl sites for hydroxylation is 1. The summed E-state index contributed by atoms with van der Waals surface area (Å²) < 4.78 is 37.5. The highest BCUT2D eigenvalue weighted by Crippen LogP contribution is 2.36. The second kappa shape index (κ2) is 11.2. The van der Waals surface area contributed by atoms with E-state index in [1.165, 1.54) is 29.3 Å². The topological polar surface area (TPSA) is 110 Å². The van der Waals surface area contributed by atoms with E-state index in [1.54, 1.807) is 16.9 Å². The molecule has 220 valence electrons. The number of ether oxygens (including phenoxy) is 1. The van der Waals surface area contributed by atoms with Crippen molar-refractivity contribution in [2.75, 3.05) is 13.7 Å². The van der Waals surface area contributed by atoms with Crippen LogP contribution in [0.3, 0.4) is 0 Å². The van der Waals surface area contributed by atoms with Crippen LogP contribution < -0.4 is 10.1 Å². The highest BCUT2D eigenvalue weighted by Gasteiger charge is 2.37. The van der Waals surface area contributed by atoms with Gasteiger partial charge < -0.3 is 10.1 Å². The van der Waals surface area contributed by atoms with Crippen LogP contribution in [0, 0.1) is 6.92 Å². The minimum absolute atomic E-state index is 0.0752. The van der Waals surface area contributed by atoms with Gasteiger partial charge in [-0.2, -0.15) is 0 Å². The number of carbonyl (C=O) groups excluding carboxylic acids is 1. The molecule has 0 spiro atoms. The summed E-state index contributed by atoms with van der Waals surface area (Å²) in [6.45, 7) is 7.67. The molecule has 42 heavy (non-hydrogen) atoms. The highest BCUT2D eigenvalue weighted by molar-refractivity contribution is 7.91. The summed E-state index contributed by atoms with van der Waals surface area (Å²) in [4.78, 5) is 15.3. The fourth-order valence-corrected chi connectivity index (χ4v) is 8.26. The van der Waals surface area contributed by atoms with Crippen LogP contribution >= 0.6 is 11.3 Å². The Morgan fingerprint density at radius 2 is 2.02 bits per heavy atom. The molecule has 2 unspecified atom stereocenters. The number of benzene rings is 2. The fraction of sp³-hybridized carbons (Fsp3) is 0.367. The number of hydrogen-bond donors (Lipinski definition) is 1.